The number of nitro benzene ring substituents is 1. The molecule has 0 aliphatic carbocycles. The molecule has 14 nitrogen and oxygen atoms in total. The summed E-state index contributed by atoms with van der Waals surface area (Å²) in [7, 11) is 0. The average Bonchev–Trinajstić information content (AvgIpc) is 2.97. The highest BCUT2D eigenvalue weighted by atomic mass is 16.6. The molecule has 244 valence electrons. The van der Waals surface area contributed by atoms with Crippen LogP contribution in [0.5, 0.6) is 5.75 Å². The van der Waals surface area contributed by atoms with Crippen LogP contribution < -0.4 is 20.7 Å². The lowest BCUT2D eigenvalue weighted by molar-refractivity contribution is -0.384. The molecule has 0 saturated carbocycles. The Morgan fingerprint density at radius 3 is 2.36 bits per heavy atom. The SMILES string of the molecule is CC1=C(C(=O)O)C(c2cccc([N+](=O)[O-])c2)C(C(=O)OCCCC(=O)Nc2ccc(OCC(O)CNC(C)C)cc2)=C(C)N1.O. The molecule has 7 N–H and O–H groups in total. The van der Waals surface area contributed by atoms with Crippen molar-refractivity contribution in [3.63, 3.8) is 0 Å². The highest BCUT2D eigenvalue weighted by Gasteiger charge is 2.37. The van der Waals surface area contributed by atoms with E-state index in [0.717, 1.165) is 0 Å². The van der Waals surface area contributed by atoms with Gasteiger partial charge in [0.2, 0.25) is 5.91 Å². The Morgan fingerprint density at radius 1 is 1.07 bits per heavy atom. The minimum absolute atomic E-state index is 0. The van der Waals surface area contributed by atoms with Gasteiger partial charge < -0.3 is 41.1 Å². The van der Waals surface area contributed by atoms with Crippen LogP contribution in [0.3, 0.4) is 0 Å². The van der Waals surface area contributed by atoms with Crippen LogP contribution in [-0.4, -0.2) is 70.4 Å². The number of aliphatic hydroxyl groups is 1. The number of nitrogens with zero attached hydrogens (tertiary/aromatic N) is 1. The topological polar surface area (TPSA) is 221 Å². The smallest absolute Gasteiger partial charge is 0.336 e. The van der Waals surface area contributed by atoms with Gasteiger partial charge in [0, 0.05) is 48.2 Å². The van der Waals surface area contributed by atoms with Crippen LogP contribution in [0.2, 0.25) is 0 Å². The number of nitro groups is 1. The van der Waals surface area contributed by atoms with Gasteiger partial charge in [-0.05, 0) is 50.1 Å². The number of rotatable bonds is 15. The summed E-state index contributed by atoms with van der Waals surface area (Å²) < 4.78 is 11.0. The maximum Gasteiger partial charge on any atom is 0.336 e. The number of dihydropyridines is 1. The molecule has 1 aliphatic heterocycles. The predicted molar refractivity (Wildman–Crippen MR) is 166 cm³/mol. The normalized spacial score (nSPS) is 15.1. The van der Waals surface area contributed by atoms with Crippen molar-refractivity contribution in [2.75, 3.05) is 25.1 Å². The summed E-state index contributed by atoms with van der Waals surface area (Å²) in [6.07, 6.45) is -0.418. The molecule has 0 bridgehead atoms. The number of ether oxygens (including phenoxy) is 2. The Morgan fingerprint density at radius 2 is 1.73 bits per heavy atom. The first-order valence-electron chi connectivity index (χ1n) is 14.1. The number of non-ortho nitro benzene ring substituents is 1. The highest BCUT2D eigenvalue weighted by molar-refractivity contribution is 5.99. The fraction of sp³-hybridized carbons (Fsp3) is 0.387. The van der Waals surface area contributed by atoms with Gasteiger partial charge in [-0.25, -0.2) is 9.59 Å². The van der Waals surface area contributed by atoms with E-state index in [9.17, 15) is 34.7 Å². The number of carbonyl (C=O) groups excluding carboxylic acids is 2. The number of aliphatic carboxylic acids is 1. The van der Waals surface area contributed by atoms with Gasteiger partial charge in [-0.2, -0.15) is 0 Å². The molecular formula is C31H40N4O10. The molecule has 0 aromatic heterocycles. The van der Waals surface area contributed by atoms with Crippen LogP contribution >= 0.6 is 0 Å². The molecule has 2 atom stereocenters. The third-order valence-electron chi connectivity index (χ3n) is 6.75. The fourth-order valence-corrected chi connectivity index (χ4v) is 4.66. The van der Waals surface area contributed by atoms with Crippen molar-refractivity contribution in [1.82, 2.24) is 10.6 Å². The van der Waals surface area contributed by atoms with Crippen molar-refractivity contribution in [1.29, 1.82) is 0 Å². The third-order valence-corrected chi connectivity index (χ3v) is 6.75. The Kier molecular flexibility index (Phi) is 13.7. The molecule has 2 aromatic rings. The maximum absolute atomic E-state index is 13.2. The lowest BCUT2D eigenvalue weighted by Gasteiger charge is -2.29. The quantitative estimate of drug-likeness (QED) is 0.0835. The van der Waals surface area contributed by atoms with Crippen LogP contribution in [0.1, 0.15) is 52.0 Å². The first-order chi connectivity index (χ1) is 20.9. The van der Waals surface area contributed by atoms with Crippen molar-refractivity contribution in [2.24, 2.45) is 0 Å². The van der Waals surface area contributed by atoms with Crippen molar-refractivity contribution >= 4 is 29.2 Å². The number of carboxylic acid groups (broad SMARTS) is 1. The number of carboxylic acids is 1. The zero-order valence-corrected chi connectivity index (χ0v) is 25.6. The number of hydrogen-bond donors (Lipinski definition) is 5. The van der Waals surface area contributed by atoms with Gasteiger partial charge in [0.25, 0.3) is 5.69 Å². The minimum atomic E-state index is -1.28. The second-order valence-electron chi connectivity index (χ2n) is 10.6. The molecule has 0 radical (unpaired) electrons. The van der Waals surface area contributed by atoms with E-state index in [2.05, 4.69) is 16.0 Å². The number of nitrogens with one attached hydrogen (secondary N) is 3. The fourth-order valence-electron chi connectivity index (χ4n) is 4.66. The van der Waals surface area contributed by atoms with Crippen LogP contribution in [0, 0.1) is 10.1 Å². The van der Waals surface area contributed by atoms with E-state index in [1.807, 2.05) is 13.8 Å². The zero-order chi connectivity index (χ0) is 32.4. The molecule has 0 fully saturated rings. The molecule has 1 aliphatic rings. The number of carbonyl (C=O) groups is 3. The van der Waals surface area contributed by atoms with Crippen LogP contribution in [0.15, 0.2) is 71.1 Å². The van der Waals surface area contributed by atoms with Gasteiger partial charge in [-0.1, -0.05) is 26.0 Å². The van der Waals surface area contributed by atoms with Gasteiger partial charge in [-0.15, -0.1) is 0 Å². The average molecular weight is 629 g/mol. The second-order valence-corrected chi connectivity index (χ2v) is 10.6. The monoisotopic (exact) mass is 628 g/mol. The lowest BCUT2D eigenvalue weighted by Crippen LogP contribution is -2.35. The van der Waals surface area contributed by atoms with Gasteiger partial charge in [0.1, 0.15) is 18.5 Å². The predicted octanol–water partition coefficient (Wildman–Crippen LogP) is 2.79. The maximum atomic E-state index is 13.2. The summed E-state index contributed by atoms with van der Waals surface area (Å²) in [5.74, 6) is -2.94. The van der Waals surface area contributed by atoms with Gasteiger partial charge in [0.05, 0.1) is 28.6 Å². The molecule has 0 saturated heterocycles. The van der Waals surface area contributed by atoms with E-state index < -0.39 is 28.9 Å². The third kappa shape index (κ3) is 10.4. The van der Waals surface area contributed by atoms with Crippen LogP contribution in [0.4, 0.5) is 11.4 Å². The summed E-state index contributed by atoms with van der Waals surface area (Å²) in [6.45, 7) is 7.53. The second kappa shape index (κ2) is 16.9. The lowest BCUT2D eigenvalue weighted by atomic mass is 9.80. The molecule has 45 heavy (non-hydrogen) atoms. The van der Waals surface area contributed by atoms with Crippen molar-refractivity contribution in [2.45, 2.75) is 58.6 Å². The Hall–Kier alpha value is -4.79. The summed E-state index contributed by atoms with van der Waals surface area (Å²) in [5, 5.41) is 40.0. The van der Waals surface area contributed by atoms with Gasteiger partial charge in [0.15, 0.2) is 0 Å². The van der Waals surface area contributed by atoms with Crippen molar-refractivity contribution < 1.29 is 44.5 Å². The Labute approximate surface area is 260 Å². The summed E-state index contributed by atoms with van der Waals surface area (Å²) in [5.41, 5.74) is 1.12. The van der Waals surface area contributed by atoms with Crippen molar-refractivity contribution in [3.8, 4) is 5.75 Å². The van der Waals surface area contributed by atoms with E-state index in [1.165, 1.54) is 24.3 Å². The van der Waals surface area contributed by atoms with Crippen LogP contribution in [0.25, 0.3) is 0 Å². The molecular weight excluding hydrogens is 588 g/mol. The number of esters is 1. The van der Waals surface area contributed by atoms with Gasteiger partial charge >= 0.3 is 11.9 Å². The number of amides is 1. The molecule has 14 heteroatoms. The molecule has 1 amide bonds. The number of allylic oxidation sites excluding steroid dienone is 2. The first-order valence-corrected chi connectivity index (χ1v) is 14.1. The number of benzene rings is 2. The van der Waals surface area contributed by atoms with E-state index in [0.29, 0.717) is 29.4 Å². The molecule has 2 aromatic carbocycles. The molecule has 3 rings (SSSR count). The molecule has 2 unspecified atom stereocenters. The van der Waals surface area contributed by atoms with E-state index >= 15 is 0 Å². The molecule has 1 heterocycles. The van der Waals surface area contributed by atoms with Crippen molar-refractivity contribution in [3.05, 3.63) is 86.7 Å². The minimum Gasteiger partial charge on any atom is -0.491 e. The Bertz CT molecular complexity index is 1440. The summed E-state index contributed by atoms with van der Waals surface area (Å²) in [6, 6.07) is 12.4. The largest absolute Gasteiger partial charge is 0.491 e. The number of anilines is 1. The van der Waals surface area contributed by atoms with E-state index in [-0.39, 0.29) is 65.9 Å². The summed E-state index contributed by atoms with van der Waals surface area (Å²) >= 11 is 0. The van der Waals surface area contributed by atoms with Gasteiger partial charge in [-0.3, -0.25) is 14.9 Å². The first kappa shape index (κ1) is 36.4. The molecule has 0 spiro atoms. The van der Waals surface area contributed by atoms with Crippen LogP contribution in [-0.2, 0) is 19.1 Å². The van der Waals surface area contributed by atoms with E-state index in [4.69, 9.17) is 9.47 Å². The summed E-state index contributed by atoms with van der Waals surface area (Å²) in [4.78, 5) is 48.6. The standard InChI is InChI=1S/C31H38N4O9.H2O/c1-18(2)32-16-24(36)17-44-25-12-10-22(11-13-25)34-26(37)9-6-14-43-31(40)28-20(4)33-19(3)27(30(38)39)29(28)21-7-5-8-23(15-21)35(41)42;/h5,7-8,10-13,15,18,24,29,32-33,36H,6,9,14,16-17H2,1-4H3,(H,34,37)(H,38,39);1H2. The highest BCUT2D eigenvalue weighted by Crippen LogP contribution is 2.39. The van der Waals surface area contributed by atoms with E-state index in [1.54, 1.807) is 38.1 Å². The Balaban J connectivity index is 0.00000705. The zero-order valence-electron chi connectivity index (χ0n) is 25.6. The number of aliphatic hydroxyl groups excluding tert-OH is 1. The number of hydrogen-bond acceptors (Lipinski definition) is 10.